The Bertz CT molecular complexity index is 2070. The average molecular weight is 1070 g/mol. The summed E-state index contributed by atoms with van der Waals surface area (Å²) in [5.41, 5.74) is 0. The van der Waals surface area contributed by atoms with Gasteiger partial charge < -0.3 is 61.9 Å². The fourth-order valence-electron chi connectivity index (χ4n) is 8.38. The summed E-state index contributed by atoms with van der Waals surface area (Å²) in [6.07, 6.45) is -18.3. The number of aliphatic hydroxyl groups excluding tert-OH is 1. The Morgan fingerprint density at radius 2 is 0.932 bits per heavy atom. The van der Waals surface area contributed by atoms with Crippen molar-refractivity contribution in [1.29, 1.82) is 0 Å². The fourth-order valence-corrected chi connectivity index (χ4v) is 9.09. The third-order valence-electron chi connectivity index (χ3n) is 11.0. The zero-order valence-corrected chi connectivity index (χ0v) is 44.7. The summed E-state index contributed by atoms with van der Waals surface area (Å²) in [5, 5.41) is 12.3. The average Bonchev–Trinajstić information content (AvgIpc) is 3.24. The van der Waals surface area contributed by atoms with E-state index < -0.39 is 178 Å². The molecule has 2 aliphatic heterocycles. The monoisotopic (exact) mass is 1060 g/mol. The van der Waals surface area contributed by atoms with Crippen LogP contribution in [0.4, 0.5) is 0 Å². The van der Waals surface area contributed by atoms with Gasteiger partial charge in [-0.2, -0.15) is 0 Å². The number of amides is 4. The highest BCUT2D eigenvalue weighted by atomic mass is 28.3. The summed E-state index contributed by atoms with van der Waals surface area (Å²) in [7, 11) is -0.141. The zero-order valence-electron chi connectivity index (χ0n) is 43.7. The lowest BCUT2D eigenvalue weighted by atomic mass is 9.86. The number of nitrogens with zero attached hydrogens (tertiary/aromatic N) is 2. The quantitative estimate of drug-likeness (QED) is 0.0832. The van der Waals surface area contributed by atoms with E-state index in [2.05, 4.69) is 0 Å². The van der Waals surface area contributed by atoms with E-state index in [0.717, 1.165) is 83.5 Å². The first-order chi connectivity index (χ1) is 33.7. The van der Waals surface area contributed by atoms with Gasteiger partial charge in [0.1, 0.15) is 49.2 Å². The fraction of sp³-hybridized carbons (Fsp3) is 0.733. The molecule has 2 saturated heterocycles. The molecule has 0 aliphatic carbocycles. The van der Waals surface area contributed by atoms with Gasteiger partial charge in [0.05, 0.1) is 33.7 Å². The van der Waals surface area contributed by atoms with Crippen molar-refractivity contribution >= 4 is 79.5 Å². The van der Waals surface area contributed by atoms with Crippen molar-refractivity contribution in [2.24, 2.45) is 0 Å². The topological polar surface area (TPSA) is 342 Å². The van der Waals surface area contributed by atoms with Crippen molar-refractivity contribution in [3.8, 4) is 0 Å². The molecule has 0 radical (unpaired) electrons. The standard InChI is InChI=1S/C45H68N2O25Si/c1-22(48)46(23(2)49)36-33(66-27(6)53)18-44(42(59)61-11,64-16-17-73(13,14)15)71-40(36)38(69-30(9)56)32(58)20-65-45(43(60)62-12)19-34(67-28(7)54)37(47(24(3)50)25(4)51)41(72-45)39(70-31(10)57)35(68-29(8)55)21-63-26(5)52/h32-41,58H,16-21H2,1-15H3/t32-,33+,34+,35-,36-,37-,38-,39-,40-,41-,44-,45+/m1/s1. The smallest absolute Gasteiger partial charge is 0.366 e. The number of esters is 8. The minimum Gasteiger partial charge on any atom is -0.465 e. The minimum atomic E-state index is -3.04. The molecule has 0 aromatic rings. The molecule has 0 spiro atoms. The van der Waals surface area contributed by atoms with Crippen LogP contribution < -0.4 is 0 Å². The van der Waals surface area contributed by atoms with Gasteiger partial charge >= 0.3 is 47.8 Å². The van der Waals surface area contributed by atoms with Gasteiger partial charge in [-0.3, -0.25) is 57.7 Å². The largest absolute Gasteiger partial charge is 0.465 e. The summed E-state index contributed by atoms with van der Waals surface area (Å²) >= 11 is 0. The molecular formula is C45H68N2O25Si. The number of ether oxygens (including phenoxy) is 12. The van der Waals surface area contributed by atoms with E-state index in [1.165, 1.54) is 0 Å². The highest BCUT2D eigenvalue weighted by Gasteiger charge is 2.64. The van der Waals surface area contributed by atoms with Gasteiger partial charge in [0, 0.05) is 83.9 Å². The molecule has 73 heavy (non-hydrogen) atoms. The highest BCUT2D eigenvalue weighted by Crippen LogP contribution is 2.42. The van der Waals surface area contributed by atoms with Crippen molar-refractivity contribution in [3.63, 3.8) is 0 Å². The summed E-state index contributed by atoms with van der Waals surface area (Å²) in [6.45, 7) is 12.9. The summed E-state index contributed by atoms with van der Waals surface area (Å²) < 4.78 is 68.0. The maximum absolute atomic E-state index is 14.3. The summed E-state index contributed by atoms with van der Waals surface area (Å²) in [6, 6.07) is -3.35. The van der Waals surface area contributed by atoms with E-state index in [0.29, 0.717) is 15.8 Å². The van der Waals surface area contributed by atoms with Crippen LogP contribution in [0.2, 0.25) is 25.7 Å². The van der Waals surface area contributed by atoms with Gasteiger partial charge in [-0.25, -0.2) is 9.59 Å². The molecule has 2 fully saturated rings. The molecule has 12 atom stereocenters. The first kappa shape index (κ1) is 63.2. The Balaban J connectivity index is 3.12. The second-order valence-corrected chi connectivity index (χ2v) is 23.9. The van der Waals surface area contributed by atoms with Gasteiger partial charge in [0.25, 0.3) is 11.6 Å². The lowest BCUT2D eigenvalue weighted by Gasteiger charge is -2.51. The minimum absolute atomic E-state index is 0.176. The lowest BCUT2D eigenvalue weighted by Crippen LogP contribution is -2.71. The van der Waals surface area contributed by atoms with Gasteiger partial charge in [-0.05, 0) is 6.04 Å². The lowest BCUT2D eigenvalue weighted by molar-refractivity contribution is -0.333. The van der Waals surface area contributed by atoms with E-state index in [4.69, 9.17) is 56.8 Å². The molecule has 0 aromatic heterocycles. The van der Waals surface area contributed by atoms with Gasteiger partial charge in [0.15, 0.2) is 18.3 Å². The molecule has 2 aliphatic rings. The van der Waals surface area contributed by atoms with Crippen LogP contribution in [0.15, 0.2) is 0 Å². The van der Waals surface area contributed by atoms with Crippen molar-refractivity contribution in [1.82, 2.24) is 9.80 Å². The molecule has 28 heteroatoms. The first-order valence-electron chi connectivity index (χ1n) is 22.8. The summed E-state index contributed by atoms with van der Waals surface area (Å²) in [5.74, 6) is -18.7. The molecule has 0 bridgehead atoms. The molecule has 0 aromatic carbocycles. The molecule has 412 valence electrons. The molecule has 2 rings (SSSR count). The number of hydrogen-bond acceptors (Lipinski definition) is 25. The van der Waals surface area contributed by atoms with Crippen molar-refractivity contribution < 1.29 is 119 Å². The van der Waals surface area contributed by atoms with Crippen LogP contribution in [0, 0.1) is 0 Å². The maximum Gasteiger partial charge on any atom is 0.366 e. The zero-order chi connectivity index (χ0) is 56.1. The molecule has 27 nitrogen and oxygen atoms in total. The Hall–Kier alpha value is -5.94. The van der Waals surface area contributed by atoms with Gasteiger partial charge in [-0.15, -0.1) is 0 Å². The first-order valence-corrected chi connectivity index (χ1v) is 26.5. The van der Waals surface area contributed by atoms with Crippen LogP contribution >= 0.6 is 0 Å². The Morgan fingerprint density at radius 3 is 1.27 bits per heavy atom. The van der Waals surface area contributed by atoms with Crippen molar-refractivity contribution in [2.45, 2.75) is 180 Å². The number of imide groups is 2. The molecule has 4 amide bonds. The predicted octanol–water partition coefficient (Wildman–Crippen LogP) is -0.216. The van der Waals surface area contributed by atoms with E-state index in [1.54, 1.807) is 0 Å². The van der Waals surface area contributed by atoms with Crippen LogP contribution in [0.1, 0.15) is 82.1 Å². The molecule has 0 saturated carbocycles. The van der Waals surface area contributed by atoms with E-state index in [-0.39, 0.29) is 6.61 Å². The molecule has 0 unspecified atom stereocenters. The summed E-state index contributed by atoms with van der Waals surface area (Å²) in [4.78, 5) is 159. The number of rotatable bonds is 22. The Morgan fingerprint density at radius 1 is 0.548 bits per heavy atom. The second-order valence-electron chi connectivity index (χ2n) is 18.3. The third kappa shape index (κ3) is 17.3. The highest BCUT2D eigenvalue weighted by molar-refractivity contribution is 6.76. The Labute approximate surface area is 422 Å². The number of carbonyl (C=O) groups excluding carboxylic acids is 12. The SMILES string of the molecule is COC(=O)[C@]1(OC[C@@H](O)[C@@H](OC(C)=O)[C@@H]2O[C@@](OCC[Si](C)(C)C)(C(=O)OC)C[C@H](OC(C)=O)[C@H]2N(C(C)=O)C(C)=O)C[C@H](OC(C)=O)[C@@H](N(C(C)=O)C(C)=O)[C@H]([C@H](OC(C)=O)[C@@H](COC(C)=O)OC(C)=O)O1. The Kier molecular flexibility index (Phi) is 23.2. The normalized spacial score (nSPS) is 25.4. The number of methoxy groups -OCH3 is 2. The molecule has 1 N–H and O–H groups in total. The molecular weight excluding hydrogens is 997 g/mol. The second kappa shape index (κ2) is 26.8. The van der Waals surface area contributed by atoms with Crippen LogP contribution in [0.25, 0.3) is 0 Å². The molecule has 2 heterocycles. The van der Waals surface area contributed by atoms with Crippen molar-refractivity contribution in [3.05, 3.63) is 0 Å². The van der Waals surface area contributed by atoms with E-state index in [9.17, 15) is 62.6 Å². The number of carbonyl (C=O) groups is 12. The number of aliphatic hydroxyl groups is 1. The van der Waals surface area contributed by atoms with Crippen LogP contribution in [0.5, 0.6) is 0 Å². The third-order valence-corrected chi connectivity index (χ3v) is 12.8. The van der Waals surface area contributed by atoms with Gasteiger partial charge in [-0.1, -0.05) is 19.6 Å². The number of hydrogen-bond donors (Lipinski definition) is 1. The van der Waals surface area contributed by atoms with Crippen LogP contribution in [-0.2, 0) is 114 Å². The van der Waals surface area contributed by atoms with Gasteiger partial charge in [0.2, 0.25) is 23.6 Å². The predicted molar refractivity (Wildman–Crippen MR) is 243 cm³/mol. The van der Waals surface area contributed by atoms with Crippen LogP contribution in [0.3, 0.4) is 0 Å². The van der Waals surface area contributed by atoms with Crippen LogP contribution in [-0.4, -0.2) is 201 Å². The van der Waals surface area contributed by atoms with E-state index >= 15 is 0 Å². The maximum atomic E-state index is 14.3. The van der Waals surface area contributed by atoms with E-state index in [1.807, 2.05) is 19.6 Å². The van der Waals surface area contributed by atoms with Crippen molar-refractivity contribution in [2.75, 3.05) is 34.0 Å².